The molecule has 1 amide bonds. The van der Waals surface area contributed by atoms with Crippen LogP contribution in [-0.4, -0.2) is 14.3 Å². The van der Waals surface area contributed by atoms with Gasteiger partial charge in [0.05, 0.1) is 5.02 Å². The highest BCUT2D eigenvalue weighted by molar-refractivity contribution is 7.92. The van der Waals surface area contributed by atoms with Gasteiger partial charge in [-0.25, -0.2) is 12.8 Å². The average molecular weight is 433 g/mol. The number of amides is 1. The lowest BCUT2D eigenvalue weighted by atomic mass is 10.1. The molecule has 0 aliphatic carbocycles. The van der Waals surface area contributed by atoms with Gasteiger partial charge >= 0.3 is 0 Å². The molecule has 3 rings (SSSR count). The Bertz CT molecular complexity index is 1180. The zero-order chi connectivity index (χ0) is 21.2. The van der Waals surface area contributed by atoms with Gasteiger partial charge in [-0.2, -0.15) is 0 Å². The van der Waals surface area contributed by atoms with Crippen LogP contribution in [0.3, 0.4) is 0 Å². The summed E-state index contributed by atoms with van der Waals surface area (Å²) < 4.78 is 41.1. The van der Waals surface area contributed by atoms with Crippen molar-refractivity contribution < 1.29 is 17.6 Å². The number of hydrogen-bond donors (Lipinski definition) is 2. The Morgan fingerprint density at radius 2 is 1.55 bits per heavy atom. The zero-order valence-corrected chi connectivity index (χ0v) is 17.2. The van der Waals surface area contributed by atoms with Gasteiger partial charge in [-0.1, -0.05) is 17.7 Å². The van der Waals surface area contributed by atoms with E-state index in [1.165, 1.54) is 42.5 Å². The van der Waals surface area contributed by atoms with E-state index in [9.17, 15) is 17.6 Å². The van der Waals surface area contributed by atoms with Crippen LogP contribution in [0.15, 0.2) is 65.6 Å². The van der Waals surface area contributed by atoms with E-state index >= 15 is 0 Å². The summed E-state index contributed by atoms with van der Waals surface area (Å²) in [4.78, 5) is 12.2. The summed E-state index contributed by atoms with van der Waals surface area (Å²) in [6.07, 6.45) is 0. The summed E-state index contributed by atoms with van der Waals surface area (Å²) in [6, 6.07) is 14.4. The topological polar surface area (TPSA) is 75.3 Å². The molecule has 0 fully saturated rings. The molecule has 0 unspecified atom stereocenters. The monoisotopic (exact) mass is 432 g/mol. The number of nitrogens with one attached hydrogen (secondary N) is 2. The van der Waals surface area contributed by atoms with Gasteiger partial charge < -0.3 is 5.32 Å². The molecule has 3 aromatic carbocycles. The first-order chi connectivity index (χ1) is 13.7. The van der Waals surface area contributed by atoms with Crippen LogP contribution in [0.1, 0.15) is 21.5 Å². The predicted molar refractivity (Wildman–Crippen MR) is 113 cm³/mol. The normalized spacial score (nSPS) is 11.2. The quantitative estimate of drug-likeness (QED) is 0.585. The molecule has 0 radical (unpaired) electrons. The summed E-state index contributed by atoms with van der Waals surface area (Å²) >= 11 is 6.09. The second-order valence-electron chi connectivity index (χ2n) is 6.51. The largest absolute Gasteiger partial charge is 0.322 e. The second kappa shape index (κ2) is 8.23. The van der Waals surface area contributed by atoms with E-state index in [0.29, 0.717) is 11.4 Å². The van der Waals surface area contributed by atoms with E-state index in [0.717, 1.165) is 11.1 Å². The van der Waals surface area contributed by atoms with Crippen molar-refractivity contribution in [1.29, 1.82) is 0 Å². The molecule has 29 heavy (non-hydrogen) atoms. The third-order valence-electron chi connectivity index (χ3n) is 4.34. The van der Waals surface area contributed by atoms with Crippen LogP contribution in [0.4, 0.5) is 15.8 Å². The average Bonchev–Trinajstić information content (AvgIpc) is 2.66. The molecule has 2 N–H and O–H groups in total. The van der Waals surface area contributed by atoms with Crippen molar-refractivity contribution in [3.63, 3.8) is 0 Å². The van der Waals surface area contributed by atoms with Crippen LogP contribution < -0.4 is 10.0 Å². The number of hydrogen-bond acceptors (Lipinski definition) is 3. The highest BCUT2D eigenvalue weighted by Crippen LogP contribution is 2.26. The molecular formula is C21H18ClFN2O3S. The van der Waals surface area contributed by atoms with Gasteiger partial charge in [0.25, 0.3) is 15.9 Å². The number of benzene rings is 3. The van der Waals surface area contributed by atoms with Crippen LogP contribution in [0, 0.1) is 19.7 Å². The molecule has 0 saturated heterocycles. The fourth-order valence-electron chi connectivity index (χ4n) is 2.60. The molecule has 0 aromatic heterocycles. The Morgan fingerprint density at radius 3 is 2.21 bits per heavy atom. The zero-order valence-electron chi connectivity index (χ0n) is 15.7. The van der Waals surface area contributed by atoms with Crippen LogP contribution in [0.5, 0.6) is 0 Å². The third-order valence-corrected chi connectivity index (χ3v) is 6.21. The van der Waals surface area contributed by atoms with Crippen molar-refractivity contribution in [1.82, 2.24) is 0 Å². The fourth-order valence-corrected chi connectivity index (χ4v) is 4.18. The number of halogens is 2. The summed E-state index contributed by atoms with van der Waals surface area (Å²) in [5, 5.41) is 2.57. The minimum Gasteiger partial charge on any atom is -0.322 e. The first-order valence-corrected chi connectivity index (χ1v) is 10.5. The maximum absolute atomic E-state index is 13.0. The van der Waals surface area contributed by atoms with Crippen molar-refractivity contribution in [2.24, 2.45) is 0 Å². The van der Waals surface area contributed by atoms with E-state index in [-0.39, 0.29) is 15.5 Å². The molecule has 0 bridgehead atoms. The van der Waals surface area contributed by atoms with E-state index in [1.807, 2.05) is 13.8 Å². The molecular weight excluding hydrogens is 415 g/mol. The maximum Gasteiger partial charge on any atom is 0.263 e. The van der Waals surface area contributed by atoms with Crippen LogP contribution >= 0.6 is 11.6 Å². The van der Waals surface area contributed by atoms with E-state index in [2.05, 4.69) is 10.0 Å². The molecule has 3 aromatic rings. The highest BCUT2D eigenvalue weighted by atomic mass is 35.5. The van der Waals surface area contributed by atoms with Gasteiger partial charge in [-0.05, 0) is 79.6 Å². The van der Waals surface area contributed by atoms with Gasteiger partial charge in [-0.15, -0.1) is 0 Å². The van der Waals surface area contributed by atoms with E-state index < -0.39 is 21.7 Å². The number of carbonyl (C=O) groups excluding carboxylic acids is 1. The van der Waals surface area contributed by atoms with Crippen molar-refractivity contribution >= 4 is 38.9 Å². The first-order valence-electron chi connectivity index (χ1n) is 8.62. The second-order valence-corrected chi connectivity index (χ2v) is 8.57. The molecule has 0 aliphatic heterocycles. The van der Waals surface area contributed by atoms with Crippen LogP contribution in [0.2, 0.25) is 5.02 Å². The molecule has 0 atom stereocenters. The van der Waals surface area contributed by atoms with Gasteiger partial charge in [0, 0.05) is 16.9 Å². The van der Waals surface area contributed by atoms with Gasteiger partial charge in [0.2, 0.25) is 0 Å². The molecule has 0 aliphatic rings. The molecule has 0 spiro atoms. The predicted octanol–water partition coefficient (Wildman–Crippen LogP) is 5.15. The Balaban J connectivity index is 1.88. The minimum absolute atomic E-state index is 0.0142. The lowest BCUT2D eigenvalue weighted by Crippen LogP contribution is -2.16. The lowest BCUT2D eigenvalue weighted by Gasteiger charge is -2.12. The maximum atomic E-state index is 13.0. The molecule has 0 saturated carbocycles. The van der Waals surface area contributed by atoms with E-state index in [4.69, 9.17) is 11.6 Å². The molecule has 5 nitrogen and oxygen atoms in total. The van der Waals surface area contributed by atoms with Crippen molar-refractivity contribution in [2.75, 3.05) is 10.0 Å². The third kappa shape index (κ3) is 4.93. The first kappa shape index (κ1) is 20.8. The van der Waals surface area contributed by atoms with Crippen molar-refractivity contribution in [3.05, 3.63) is 88.2 Å². The van der Waals surface area contributed by atoms with Gasteiger partial charge in [0.1, 0.15) is 10.7 Å². The van der Waals surface area contributed by atoms with Crippen molar-refractivity contribution in [3.8, 4) is 0 Å². The summed E-state index contributed by atoms with van der Waals surface area (Å²) in [7, 11) is -4.02. The summed E-state index contributed by atoms with van der Waals surface area (Å²) in [5.74, 6) is -0.976. The number of carbonyl (C=O) groups is 1. The SMILES string of the molecule is Cc1ccc(NS(=O)(=O)c2cc(C(=O)Nc3ccc(F)cc3)ccc2Cl)cc1C. The fraction of sp³-hybridized carbons (Fsp3) is 0.0952. The summed E-state index contributed by atoms with van der Waals surface area (Å²) in [6.45, 7) is 3.80. The molecule has 150 valence electrons. The van der Waals surface area contributed by atoms with E-state index in [1.54, 1.807) is 18.2 Å². The lowest BCUT2D eigenvalue weighted by molar-refractivity contribution is 0.102. The number of sulfonamides is 1. The number of aryl methyl sites for hydroxylation is 2. The molecule has 8 heteroatoms. The highest BCUT2D eigenvalue weighted by Gasteiger charge is 2.21. The molecule has 0 heterocycles. The number of rotatable bonds is 5. The van der Waals surface area contributed by atoms with Gasteiger partial charge in [-0.3, -0.25) is 9.52 Å². The number of anilines is 2. The van der Waals surface area contributed by atoms with Crippen LogP contribution in [-0.2, 0) is 10.0 Å². The van der Waals surface area contributed by atoms with Crippen LogP contribution in [0.25, 0.3) is 0 Å². The minimum atomic E-state index is -4.02. The standard InChI is InChI=1S/C21H18ClFN2O3S/c1-13-3-7-18(11-14(13)2)25-29(27,28)20-12-15(4-10-19(20)22)21(26)24-17-8-5-16(23)6-9-17/h3-12,25H,1-2H3,(H,24,26). The van der Waals surface area contributed by atoms with Gasteiger partial charge in [0.15, 0.2) is 0 Å². The Labute approximate surface area is 173 Å². The Kier molecular flexibility index (Phi) is 5.91. The summed E-state index contributed by atoms with van der Waals surface area (Å²) in [5.41, 5.74) is 2.84. The Hall–Kier alpha value is -2.90. The Morgan fingerprint density at radius 1 is 0.897 bits per heavy atom. The van der Waals surface area contributed by atoms with Crippen molar-refractivity contribution in [2.45, 2.75) is 18.7 Å². The smallest absolute Gasteiger partial charge is 0.263 e.